The standard InChI is InChI=1S/C20H19N3O2S/c1-2-23-19(25)15-9-7-13(11-17(15)22-20(23)26)18(24)21-16-10-8-12-5-3-4-6-14(12)16/h3-7,9,11,16H,2,8,10H2,1H3,(H,21,24)(H,22,26)/t16-/m0/s1. The van der Waals surface area contributed by atoms with Crippen LogP contribution in [0.15, 0.2) is 47.3 Å². The van der Waals surface area contributed by atoms with Crippen molar-refractivity contribution in [3.05, 3.63) is 74.3 Å². The fourth-order valence-electron chi connectivity index (χ4n) is 3.63. The number of fused-ring (bicyclic) bond motifs is 2. The Labute approximate surface area is 155 Å². The summed E-state index contributed by atoms with van der Waals surface area (Å²) in [4.78, 5) is 28.2. The van der Waals surface area contributed by atoms with Crippen molar-refractivity contribution >= 4 is 29.0 Å². The molecule has 0 unspecified atom stereocenters. The van der Waals surface area contributed by atoms with Crippen molar-refractivity contribution in [2.24, 2.45) is 0 Å². The molecule has 2 N–H and O–H groups in total. The topological polar surface area (TPSA) is 66.9 Å². The van der Waals surface area contributed by atoms with E-state index in [1.807, 2.05) is 19.1 Å². The van der Waals surface area contributed by atoms with Gasteiger partial charge in [0.05, 0.1) is 16.9 Å². The number of aromatic amines is 1. The molecule has 1 heterocycles. The third-order valence-electron chi connectivity index (χ3n) is 5.00. The Morgan fingerprint density at radius 3 is 2.92 bits per heavy atom. The number of aromatic nitrogens is 2. The second-order valence-corrected chi connectivity index (χ2v) is 6.89. The molecule has 2 aromatic carbocycles. The van der Waals surface area contributed by atoms with Crippen molar-refractivity contribution in [2.75, 3.05) is 0 Å². The molecule has 0 bridgehead atoms. The Hall–Kier alpha value is -2.73. The van der Waals surface area contributed by atoms with Gasteiger partial charge in [0.1, 0.15) is 0 Å². The Kier molecular flexibility index (Phi) is 4.20. The molecule has 0 radical (unpaired) electrons. The highest BCUT2D eigenvalue weighted by Gasteiger charge is 2.24. The maximum absolute atomic E-state index is 12.7. The first-order valence-corrected chi connectivity index (χ1v) is 9.15. The van der Waals surface area contributed by atoms with Crippen molar-refractivity contribution < 1.29 is 4.79 Å². The zero-order valence-corrected chi connectivity index (χ0v) is 15.2. The summed E-state index contributed by atoms with van der Waals surface area (Å²) in [6.45, 7) is 2.38. The lowest BCUT2D eigenvalue weighted by molar-refractivity contribution is 0.0937. The number of H-pyrrole nitrogens is 1. The molecule has 0 fully saturated rings. The zero-order chi connectivity index (χ0) is 18.3. The van der Waals surface area contributed by atoms with Gasteiger partial charge in [-0.2, -0.15) is 0 Å². The summed E-state index contributed by atoms with van der Waals surface area (Å²) in [5.74, 6) is -0.146. The third-order valence-corrected chi connectivity index (χ3v) is 5.32. The number of nitrogens with one attached hydrogen (secondary N) is 2. The van der Waals surface area contributed by atoms with Crippen LogP contribution in [0.5, 0.6) is 0 Å². The fraction of sp³-hybridized carbons (Fsp3) is 0.250. The average molecular weight is 365 g/mol. The Balaban J connectivity index is 1.66. The Bertz CT molecular complexity index is 1130. The summed E-state index contributed by atoms with van der Waals surface area (Å²) in [6, 6.07) is 13.3. The lowest BCUT2D eigenvalue weighted by Gasteiger charge is -2.14. The predicted octanol–water partition coefficient (Wildman–Crippen LogP) is 3.50. The normalized spacial score (nSPS) is 15.8. The average Bonchev–Trinajstić information content (AvgIpc) is 3.04. The molecule has 1 aliphatic carbocycles. The lowest BCUT2D eigenvalue weighted by Crippen LogP contribution is -2.27. The molecule has 1 amide bonds. The molecule has 132 valence electrons. The van der Waals surface area contributed by atoms with Gasteiger partial charge in [0.15, 0.2) is 4.77 Å². The second-order valence-electron chi connectivity index (χ2n) is 6.50. The van der Waals surface area contributed by atoms with E-state index >= 15 is 0 Å². The van der Waals surface area contributed by atoms with Crippen LogP contribution in [0.2, 0.25) is 0 Å². The summed E-state index contributed by atoms with van der Waals surface area (Å²) < 4.78 is 1.87. The number of nitrogens with zero attached hydrogens (tertiary/aromatic N) is 1. The van der Waals surface area contributed by atoms with Gasteiger partial charge in [-0.15, -0.1) is 0 Å². The fourth-order valence-corrected chi connectivity index (χ4v) is 3.95. The van der Waals surface area contributed by atoms with Crippen LogP contribution < -0.4 is 10.9 Å². The van der Waals surface area contributed by atoms with Gasteiger partial charge in [0, 0.05) is 12.1 Å². The van der Waals surface area contributed by atoms with E-state index in [-0.39, 0.29) is 17.5 Å². The predicted molar refractivity (Wildman–Crippen MR) is 104 cm³/mol. The van der Waals surface area contributed by atoms with Gasteiger partial charge >= 0.3 is 0 Å². The van der Waals surface area contributed by atoms with Crippen LogP contribution in [-0.4, -0.2) is 15.5 Å². The SMILES string of the molecule is CCn1c(=S)[nH]c2cc(C(=O)N[C@H]3CCc4ccccc43)ccc2c1=O. The van der Waals surface area contributed by atoms with Crippen LogP contribution >= 0.6 is 12.2 Å². The van der Waals surface area contributed by atoms with E-state index < -0.39 is 0 Å². The molecule has 1 atom stereocenters. The highest BCUT2D eigenvalue weighted by Crippen LogP contribution is 2.30. The van der Waals surface area contributed by atoms with Crippen molar-refractivity contribution in [1.29, 1.82) is 0 Å². The van der Waals surface area contributed by atoms with Gasteiger partial charge in [0.2, 0.25) is 0 Å². The molecule has 0 saturated carbocycles. The number of aryl methyl sites for hydroxylation is 1. The van der Waals surface area contributed by atoms with Crippen LogP contribution in [0.1, 0.15) is 40.9 Å². The van der Waals surface area contributed by atoms with Crippen molar-refractivity contribution in [2.45, 2.75) is 32.4 Å². The van der Waals surface area contributed by atoms with E-state index in [1.54, 1.807) is 18.2 Å². The summed E-state index contributed by atoms with van der Waals surface area (Å²) in [6.07, 6.45) is 1.88. The van der Waals surface area contributed by atoms with Gasteiger partial charge in [-0.3, -0.25) is 14.2 Å². The van der Waals surface area contributed by atoms with Gasteiger partial charge in [-0.1, -0.05) is 24.3 Å². The number of benzene rings is 2. The van der Waals surface area contributed by atoms with Gasteiger partial charge in [-0.05, 0) is 61.3 Å². The maximum atomic E-state index is 12.7. The summed E-state index contributed by atoms with van der Waals surface area (Å²) in [5.41, 5.74) is 3.45. The smallest absolute Gasteiger partial charge is 0.262 e. The van der Waals surface area contributed by atoms with E-state index in [2.05, 4.69) is 22.4 Å². The molecule has 6 heteroatoms. The quantitative estimate of drug-likeness (QED) is 0.698. The molecule has 5 nitrogen and oxygen atoms in total. The van der Waals surface area contributed by atoms with Gasteiger partial charge in [-0.25, -0.2) is 0 Å². The maximum Gasteiger partial charge on any atom is 0.262 e. The largest absolute Gasteiger partial charge is 0.345 e. The molecule has 4 rings (SSSR count). The number of hydrogen-bond acceptors (Lipinski definition) is 3. The number of rotatable bonds is 3. The minimum atomic E-state index is -0.146. The second kappa shape index (κ2) is 6.53. The number of carbonyl (C=O) groups excluding carboxylic acids is 1. The molecule has 0 aliphatic heterocycles. The molecule has 0 spiro atoms. The van der Waals surface area contributed by atoms with Crippen LogP contribution in [-0.2, 0) is 13.0 Å². The van der Waals surface area contributed by atoms with Gasteiger partial charge in [0.25, 0.3) is 11.5 Å². The number of carbonyl (C=O) groups is 1. The zero-order valence-electron chi connectivity index (χ0n) is 14.4. The summed E-state index contributed by atoms with van der Waals surface area (Å²) in [5, 5.41) is 3.64. The number of amides is 1. The van der Waals surface area contributed by atoms with Gasteiger partial charge < -0.3 is 10.3 Å². The first-order valence-electron chi connectivity index (χ1n) is 8.74. The molecular formula is C20H19N3O2S. The van der Waals surface area contributed by atoms with E-state index in [1.165, 1.54) is 15.7 Å². The molecular weight excluding hydrogens is 346 g/mol. The summed E-state index contributed by atoms with van der Waals surface area (Å²) in [7, 11) is 0. The Morgan fingerprint density at radius 1 is 1.31 bits per heavy atom. The molecule has 0 saturated heterocycles. The van der Waals surface area contributed by atoms with E-state index in [0.717, 1.165) is 12.8 Å². The van der Waals surface area contributed by atoms with E-state index in [4.69, 9.17) is 12.2 Å². The highest BCUT2D eigenvalue weighted by molar-refractivity contribution is 7.71. The van der Waals surface area contributed by atoms with Crippen molar-refractivity contribution in [3.8, 4) is 0 Å². The molecule has 1 aromatic heterocycles. The molecule has 1 aliphatic rings. The minimum Gasteiger partial charge on any atom is -0.345 e. The van der Waals surface area contributed by atoms with Crippen molar-refractivity contribution in [3.63, 3.8) is 0 Å². The van der Waals surface area contributed by atoms with E-state index in [9.17, 15) is 9.59 Å². The monoisotopic (exact) mass is 365 g/mol. The van der Waals surface area contributed by atoms with Crippen LogP contribution in [0.25, 0.3) is 10.9 Å². The van der Waals surface area contributed by atoms with Crippen LogP contribution in [0.3, 0.4) is 0 Å². The third kappa shape index (κ3) is 2.76. The van der Waals surface area contributed by atoms with Crippen LogP contribution in [0, 0.1) is 4.77 Å². The van der Waals surface area contributed by atoms with E-state index in [0.29, 0.717) is 27.8 Å². The van der Waals surface area contributed by atoms with Crippen LogP contribution in [0.4, 0.5) is 0 Å². The first kappa shape index (κ1) is 16.7. The first-order chi connectivity index (χ1) is 12.6. The Morgan fingerprint density at radius 2 is 2.12 bits per heavy atom. The molecule has 26 heavy (non-hydrogen) atoms. The van der Waals surface area contributed by atoms with Crippen molar-refractivity contribution in [1.82, 2.24) is 14.9 Å². The lowest BCUT2D eigenvalue weighted by atomic mass is 10.1. The minimum absolute atomic E-state index is 0.0287. The number of hydrogen-bond donors (Lipinski definition) is 2. The highest BCUT2D eigenvalue weighted by atomic mass is 32.1. The molecule has 3 aromatic rings. The summed E-state index contributed by atoms with van der Waals surface area (Å²) >= 11 is 5.24.